The quantitative estimate of drug-likeness (QED) is 0.530. The molecule has 0 radical (unpaired) electrons. The number of nitrogens with zero attached hydrogens (tertiary/aromatic N) is 1. The van der Waals surface area contributed by atoms with E-state index in [1.807, 2.05) is 0 Å². The Morgan fingerprint density at radius 1 is 1.56 bits per heavy atom. The maximum atomic E-state index is 8.80. The number of hydrogen-bond donors (Lipinski definition) is 2. The number of hydrogen-bond acceptors (Lipinski definition) is 3. The summed E-state index contributed by atoms with van der Waals surface area (Å²) in [5.41, 5.74) is 0. The normalized spacial score (nSPS) is 24.3. The SMILES string of the molecule is CC(O)N1CC(O)C1.Cl. The lowest BCUT2D eigenvalue weighted by Crippen LogP contribution is -2.54. The molecule has 9 heavy (non-hydrogen) atoms. The largest absolute Gasteiger partial charge is 0.390 e. The average molecular weight is 154 g/mol. The lowest BCUT2D eigenvalue weighted by Gasteiger charge is -2.37. The standard InChI is InChI=1S/C5H11NO2.ClH/c1-4(7)6-2-5(8)3-6;/h4-5,7-8H,2-3H2,1H3;1H. The number of rotatable bonds is 1. The second-order valence-corrected chi connectivity index (χ2v) is 2.24. The molecule has 0 aromatic heterocycles. The van der Waals surface area contributed by atoms with Crippen LogP contribution in [0.5, 0.6) is 0 Å². The van der Waals surface area contributed by atoms with Crippen LogP contribution in [0, 0.1) is 0 Å². The topological polar surface area (TPSA) is 43.7 Å². The van der Waals surface area contributed by atoms with Gasteiger partial charge in [0.05, 0.1) is 6.10 Å². The number of β-amino-alcohol motifs (C(OH)–C–C–N with tert-alkyl or cyclic N) is 1. The van der Waals surface area contributed by atoms with Crippen LogP contribution in [0.15, 0.2) is 0 Å². The molecule has 1 unspecified atom stereocenters. The Labute approximate surface area is 60.7 Å². The molecule has 0 aromatic rings. The monoisotopic (exact) mass is 153 g/mol. The summed E-state index contributed by atoms with van der Waals surface area (Å²) in [6.07, 6.45) is -0.594. The van der Waals surface area contributed by atoms with E-state index in [4.69, 9.17) is 10.2 Å². The number of likely N-dealkylation sites (tertiary alicyclic amines) is 1. The lowest BCUT2D eigenvalue weighted by atomic mass is 10.2. The van der Waals surface area contributed by atoms with Crippen molar-refractivity contribution >= 4 is 12.4 Å². The van der Waals surface area contributed by atoms with Gasteiger partial charge in [-0.2, -0.15) is 0 Å². The molecule has 4 heteroatoms. The molecule has 0 saturated carbocycles. The first-order valence-electron chi connectivity index (χ1n) is 2.80. The van der Waals surface area contributed by atoms with Gasteiger partial charge in [0.15, 0.2) is 0 Å². The molecule has 0 bridgehead atoms. The van der Waals surface area contributed by atoms with Crippen molar-refractivity contribution in [3.63, 3.8) is 0 Å². The fourth-order valence-corrected chi connectivity index (χ4v) is 0.793. The number of aliphatic hydroxyl groups excluding tert-OH is 2. The Morgan fingerprint density at radius 2 is 2.00 bits per heavy atom. The van der Waals surface area contributed by atoms with E-state index in [1.54, 1.807) is 11.8 Å². The van der Waals surface area contributed by atoms with Crippen molar-refractivity contribution in [2.24, 2.45) is 0 Å². The molecule has 56 valence electrons. The van der Waals surface area contributed by atoms with Gasteiger partial charge in [0.2, 0.25) is 0 Å². The molecule has 1 rings (SSSR count). The first-order valence-corrected chi connectivity index (χ1v) is 2.80. The van der Waals surface area contributed by atoms with Crippen LogP contribution >= 0.6 is 12.4 Å². The van der Waals surface area contributed by atoms with Crippen LogP contribution in [0.1, 0.15) is 6.92 Å². The summed E-state index contributed by atoms with van der Waals surface area (Å²) in [6.45, 7) is 2.95. The van der Waals surface area contributed by atoms with Crippen LogP contribution in [0.3, 0.4) is 0 Å². The number of halogens is 1. The van der Waals surface area contributed by atoms with Crippen molar-refractivity contribution in [2.45, 2.75) is 19.3 Å². The summed E-state index contributed by atoms with van der Waals surface area (Å²) in [5, 5.41) is 17.5. The van der Waals surface area contributed by atoms with E-state index < -0.39 is 6.23 Å². The zero-order chi connectivity index (χ0) is 6.15. The highest BCUT2D eigenvalue weighted by atomic mass is 35.5. The van der Waals surface area contributed by atoms with Gasteiger partial charge in [-0.05, 0) is 6.92 Å². The van der Waals surface area contributed by atoms with Crippen LogP contribution in [-0.4, -0.2) is 40.5 Å². The molecule has 1 aliphatic heterocycles. The smallest absolute Gasteiger partial charge is 0.104 e. The highest BCUT2D eigenvalue weighted by Crippen LogP contribution is 2.08. The highest BCUT2D eigenvalue weighted by molar-refractivity contribution is 5.85. The summed E-state index contributed by atoms with van der Waals surface area (Å²) in [6, 6.07) is 0. The highest BCUT2D eigenvalue weighted by Gasteiger charge is 2.26. The van der Waals surface area contributed by atoms with Crippen molar-refractivity contribution in [3.05, 3.63) is 0 Å². The van der Waals surface area contributed by atoms with E-state index in [2.05, 4.69) is 0 Å². The first-order chi connectivity index (χ1) is 3.70. The van der Waals surface area contributed by atoms with E-state index in [0.717, 1.165) is 0 Å². The molecule has 1 fully saturated rings. The molecule has 0 spiro atoms. The lowest BCUT2D eigenvalue weighted by molar-refractivity contribution is -0.0899. The predicted octanol–water partition coefficient (Wildman–Crippen LogP) is -0.577. The predicted molar refractivity (Wildman–Crippen MR) is 36.5 cm³/mol. The van der Waals surface area contributed by atoms with E-state index in [-0.39, 0.29) is 18.5 Å². The zero-order valence-corrected chi connectivity index (χ0v) is 6.14. The Hall–Kier alpha value is 0.170. The fourth-order valence-electron chi connectivity index (χ4n) is 0.793. The molecule has 1 atom stereocenters. The summed E-state index contributed by atoms with van der Waals surface area (Å²) >= 11 is 0. The van der Waals surface area contributed by atoms with Crippen LogP contribution in [0.2, 0.25) is 0 Å². The summed E-state index contributed by atoms with van der Waals surface area (Å²) in [5.74, 6) is 0. The van der Waals surface area contributed by atoms with E-state index >= 15 is 0 Å². The van der Waals surface area contributed by atoms with Gasteiger partial charge in [-0.25, -0.2) is 0 Å². The van der Waals surface area contributed by atoms with Crippen molar-refractivity contribution in [1.82, 2.24) is 4.90 Å². The van der Waals surface area contributed by atoms with Gasteiger partial charge in [-0.15, -0.1) is 12.4 Å². The van der Waals surface area contributed by atoms with E-state index in [9.17, 15) is 0 Å². The van der Waals surface area contributed by atoms with E-state index in [1.165, 1.54) is 0 Å². The van der Waals surface area contributed by atoms with Gasteiger partial charge < -0.3 is 10.2 Å². The molecular weight excluding hydrogens is 142 g/mol. The van der Waals surface area contributed by atoms with Gasteiger partial charge in [-0.1, -0.05) is 0 Å². The second kappa shape index (κ2) is 3.37. The Balaban J connectivity index is 0.000000640. The third kappa shape index (κ3) is 2.10. The summed E-state index contributed by atoms with van der Waals surface area (Å²) in [4.78, 5) is 1.80. The van der Waals surface area contributed by atoms with Crippen molar-refractivity contribution < 1.29 is 10.2 Å². The Bertz CT molecular complexity index is 83.0. The summed E-state index contributed by atoms with van der Waals surface area (Å²) in [7, 11) is 0. The van der Waals surface area contributed by atoms with Crippen molar-refractivity contribution in [3.8, 4) is 0 Å². The minimum atomic E-state index is -0.390. The summed E-state index contributed by atoms with van der Waals surface area (Å²) < 4.78 is 0. The van der Waals surface area contributed by atoms with Gasteiger partial charge in [0.25, 0.3) is 0 Å². The second-order valence-electron chi connectivity index (χ2n) is 2.24. The van der Waals surface area contributed by atoms with Crippen LogP contribution in [-0.2, 0) is 0 Å². The maximum absolute atomic E-state index is 8.80. The molecule has 1 saturated heterocycles. The van der Waals surface area contributed by atoms with Gasteiger partial charge >= 0.3 is 0 Å². The van der Waals surface area contributed by atoms with Crippen LogP contribution in [0.4, 0.5) is 0 Å². The third-order valence-electron chi connectivity index (χ3n) is 1.42. The van der Waals surface area contributed by atoms with Crippen molar-refractivity contribution in [1.29, 1.82) is 0 Å². The van der Waals surface area contributed by atoms with Crippen LogP contribution in [0.25, 0.3) is 0 Å². The molecule has 1 aliphatic rings. The van der Waals surface area contributed by atoms with Gasteiger partial charge in [0.1, 0.15) is 6.23 Å². The average Bonchev–Trinajstić information content (AvgIpc) is 1.57. The molecule has 1 heterocycles. The fraction of sp³-hybridized carbons (Fsp3) is 1.00. The molecule has 2 N–H and O–H groups in total. The van der Waals surface area contributed by atoms with Gasteiger partial charge in [-0.3, -0.25) is 4.90 Å². The van der Waals surface area contributed by atoms with Crippen LogP contribution < -0.4 is 0 Å². The van der Waals surface area contributed by atoms with Crippen molar-refractivity contribution in [2.75, 3.05) is 13.1 Å². The molecular formula is C5H12ClNO2. The minimum absolute atomic E-state index is 0. The Kier molecular flexibility index (Phi) is 3.43. The molecule has 0 aliphatic carbocycles. The maximum Gasteiger partial charge on any atom is 0.104 e. The third-order valence-corrected chi connectivity index (χ3v) is 1.42. The minimum Gasteiger partial charge on any atom is -0.390 e. The Morgan fingerprint density at radius 3 is 2.11 bits per heavy atom. The van der Waals surface area contributed by atoms with Gasteiger partial charge in [0, 0.05) is 13.1 Å². The zero-order valence-electron chi connectivity index (χ0n) is 5.32. The number of aliphatic hydroxyl groups is 2. The first kappa shape index (κ1) is 9.17. The molecule has 0 amide bonds. The molecule has 0 aromatic carbocycles. The van der Waals surface area contributed by atoms with E-state index in [0.29, 0.717) is 13.1 Å². The molecule has 3 nitrogen and oxygen atoms in total.